The molecule has 2 nitrogen and oxygen atoms in total. The molecule has 0 saturated heterocycles. The van der Waals surface area contributed by atoms with E-state index >= 15 is 0 Å². The fourth-order valence-electron chi connectivity index (χ4n) is 2.23. The van der Waals surface area contributed by atoms with E-state index < -0.39 is 11.2 Å². The van der Waals surface area contributed by atoms with Crippen LogP contribution >= 0.6 is 0 Å². The van der Waals surface area contributed by atoms with Crippen LogP contribution in [0.2, 0.25) is 0 Å². The highest BCUT2D eigenvalue weighted by molar-refractivity contribution is 5.14. The fraction of sp³-hybridized carbons (Fsp3) is 0.733. The third-order valence-corrected chi connectivity index (χ3v) is 3.77. The highest BCUT2D eigenvalue weighted by Gasteiger charge is 2.36. The molecule has 3 atom stereocenters. The summed E-state index contributed by atoms with van der Waals surface area (Å²) in [5, 5.41) is 20.3. The Balaban J connectivity index is 2.57. The first kappa shape index (κ1) is 14.5. The van der Waals surface area contributed by atoms with E-state index in [-0.39, 0.29) is 5.92 Å². The van der Waals surface area contributed by atoms with Crippen LogP contribution in [0.15, 0.2) is 23.8 Å². The summed E-state index contributed by atoms with van der Waals surface area (Å²) in [7, 11) is 0. The molecule has 0 aromatic carbocycles. The van der Waals surface area contributed by atoms with Crippen molar-refractivity contribution in [3.8, 4) is 0 Å². The summed E-state index contributed by atoms with van der Waals surface area (Å²) in [5.74, 6) is 0.227. The predicted molar refractivity (Wildman–Crippen MR) is 71.8 cm³/mol. The molecule has 0 unspecified atom stereocenters. The van der Waals surface area contributed by atoms with Gasteiger partial charge in [-0.1, -0.05) is 30.7 Å². The van der Waals surface area contributed by atoms with Crippen LogP contribution in [0.25, 0.3) is 0 Å². The minimum absolute atomic E-state index is 0.227. The number of allylic oxidation sites excluding steroid dienone is 2. The summed E-state index contributed by atoms with van der Waals surface area (Å²) in [6.45, 7) is 8.06. The van der Waals surface area contributed by atoms with Gasteiger partial charge in [0.05, 0.1) is 11.2 Å². The number of hydrogen-bond acceptors (Lipinski definition) is 2. The van der Waals surface area contributed by atoms with Gasteiger partial charge in [0.15, 0.2) is 0 Å². The Morgan fingerprint density at radius 2 is 1.94 bits per heavy atom. The molecule has 0 heterocycles. The van der Waals surface area contributed by atoms with E-state index in [2.05, 4.69) is 26.8 Å². The van der Waals surface area contributed by atoms with Crippen molar-refractivity contribution in [1.82, 2.24) is 0 Å². The monoisotopic (exact) mass is 238 g/mol. The first-order chi connectivity index (χ1) is 7.75. The average Bonchev–Trinajstić information content (AvgIpc) is 2.22. The Morgan fingerprint density at radius 1 is 1.29 bits per heavy atom. The molecule has 0 fully saturated rings. The molecule has 0 radical (unpaired) electrons. The van der Waals surface area contributed by atoms with Crippen LogP contribution in [-0.2, 0) is 0 Å². The van der Waals surface area contributed by atoms with Gasteiger partial charge in [-0.15, -0.1) is 0 Å². The van der Waals surface area contributed by atoms with E-state index in [4.69, 9.17) is 0 Å². The SMILES string of the molecule is CC(C)=CCC[C@H](C)[C@@]1(O)C=C[C@](C)(O)CC1. The van der Waals surface area contributed by atoms with Gasteiger partial charge < -0.3 is 10.2 Å². The van der Waals surface area contributed by atoms with Crippen molar-refractivity contribution in [2.24, 2.45) is 5.92 Å². The van der Waals surface area contributed by atoms with Gasteiger partial charge in [0.25, 0.3) is 0 Å². The molecule has 17 heavy (non-hydrogen) atoms. The summed E-state index contributed by atoms with van der Waals surface area (Å²) in [4.78, 5) is 0. The highest BCUT2D eigenvalue weighted by atomic mass is 16.3. The van der Waals surface area contributed by atoms with Crippen LogP contribution in [-0.4, -0.2) is 21.4 Å². The number of hydrogen-bond donors (Lipinski definition) is 2. The molecular weight excluding hydrogens is 212 g/mol. The molecule has 2 N–H and O–H groups in total. The van der Waals surface area contributed by atoms with Crippen molar-refractivity contribution in [3.05, 3.63) is 23.8 Å². The predicted octanol–water partition coefficient (Wildman–Crippen LogP) is 3.20. The van der Waals surface area contributed by atoms with Gasteiger partial charge in [0, 0.05) is 0 Å². The zero-order valence-electron chi connectivity index (χ0n) is 11.5. The summed E-state index contributed by atoms with van der Waals surface area (Å²) in [6, 6.07) is 0. The molecule has 1 aliphatic carbocycles. The molecule has 0 aliphatic heterocycles. The maximum Gasteiger partial charge on any atom is 0.0855 e. The van der Waals surface area contributed by atoms with Crippen molar-refractivity contribution in [2.75, 3.05) is 0 Å². The second-order valence-corrected chi connectivity index (χ2v) is 5.94. The van der Waals surface area contributed by atoms with E-state index in [1.807, 2.05) is 0 Å². The quantitative estimate of drug-likeness (QED) is 0.738. The van der Waals surface area contributed by atoms with Crippen molar-refractivity contribution in [2.45, 2.75) is 64.6 Å². The van der Waals surface area contributed by atoms with Gasteiger partial charge in [-0.05, 0) is 52.4 Å². The van der Waals surface area contributed by atoms with E-state index in [9.17, 15) is 10.2 Å². The zero-order chi connectivity index (χ0) is 13.1. The fourth-order valence-corrected chi connectivity index (χ4v) is 2.23. The maximum absolute atomic E-state index is 10.5. The molecule has 0 aromatic rings. The molecule has 2 heteroatoms. The van der Waals surface area contributed by atoms with Gasteiger partial charge in [0.2, 0.25) is 0 Å². The van der Waals surface area contributed by atoms with Crippen molar-refractivity contribution >= 4 is 0 Å². The Kier molecular flexibility index (Phi) is 4.56. The molecule has 0 amide bonds. The van der Waals surface area contributed by atoms with E-state index in [0.717, 1.165) is 12.8 Å². The van der Waals surface area contributed by atoms with E-state index in [1.165, 1.54) is 5.57 Å². The minimum Gasteiger partial charge on any atom is -0.386 e. The summed E-state index contributed by atoms with van der Waals surface area (Å²) >= 11 is 0. The third kappa shape index (κ3) is 4.29. The molecule has 0 spiro atoms. The van der Waals surface area contributed by atoms with Crippen LogP contribution in [0.5, 0.6) is 0 Å². The lowest BCUT2D eigenvalue weighted by Gasteiger charge is -2.38. The summed E-state index contributed by atoms with van der Waals surface area (Å²) in [5.41, 5.74) is -0.157. The molecule has 0 aromatic heterocycles. The average molecular weight is 238 g/mol. The van der Waals surface area contributed by atoms with Crippen LogP contribution in [0, 0.1) is 5.92 Å². The van der Waals surface area contributed by atoms with Crippen molar-refractivity contribution in [1.29, 1.82) is 0 Å². The van der Waals surface area contributed by atoms with Crippen molar-refractivity contribution < 1.29 is 10.2 Å². The molecule has 1 rings (SSSR count). The minimum atomic E-state index is -0.744. The molecule has 0 bridgehead atoms. The van der Waals surface area contributed by atoms with Gasteiger partial charge >= 0.3 is 0 Å². The smallest absolute Gasteiger partial charge is 0.0855 e. The summed E-state index contributed by atoms with van der Waals surface area (Å²) in [6.07, 6.45) is 9.02. The maximum atomic E-state index is 10.5. The van der Waals surface area contributed by atoms with Crippen LogP contribution in [0.4, 0.5) is 0 Å². The van der Waals surface area contributed by atoms with E-state index in [1.54, 1.807) is 19.1 Å². The van der Waals surface area contributed by atoms with E-state index in [0.29, 0.717) is 12.8 Å². The first-order valence-electron chi connectivity index (χ1n) is 6.54. The lowest BCUT2D eigenvalue weighted by molar-refractivity contribution is -0.0155. The Morgan fingerprint density at radius 3 is 2.41 bits per heavy atom. The number of rotatable bonds is 4. The standard InChI is InChI=1S/C15H26O2/c1-12(2)6-5-7-13(3)15(17)10-8-14(4,16)9-11-15/h6,8,10,13,16-17H,5,7,9,11H2,1-4H3/t13-,14-,15+/m0/s1. The zero-order valence-corrected chi connectivity index (χ0v) is 11.5. The summed E-state index contributed by atoms with van der Waals surface area (Å²) < 4.78 is 0. The largest absolute Gasteiger partial charge is 0.386 e. The second kappa shape index (κ2) is 5.36. The molecule has 1 aliphatic rings. The topological polar surface area (TPSA) is 40.5 Å². The van der Waals surface area contributed by atoms with Gasteiger partial charge in [-0.2, -0.15) is 0 Å². The molecule has 98 valence electrons. The normalized spacial score (nSPS) is 34.5. The highest BCUT2D eigenvalue weighted by Crippen LogP contribution is 2.35. The van der Waals surface area contributed by atoms with Crippen LogP contribution < -0.4 is 0 Å². The van der Waals surface area contributed by atoms with Crippen molar-refractivity contribution in [3.63, 3.8) is 0 Å². The first-order valence-corrected chi connectivity index (χ1v) is 6.54. The van der Waals surface area contributed by atoms with Gasteiger partial charge in [-0.3, -0.25) is 0 Å². The second-order valence-electron chi connectivity index (χ2n) is 5.94. The van der Waals surface area contributed by atoms with Crippen LogP contribution in [0.3, 0.4) is 0 Å². The molecular formula is C15H26O2. The Bertz CT molecular complexity index is 311. The lowest BCUT2D eigenvalue weighted by Crippen LogP contribution is -2.41. The Labute approximate surface area is 105 Å². The molecule has 0 saturated carbocycles. The lowest BCUT2D eigenvalue weighted by atomic mass is 9.75. The van der Waals surface area contributed by atoms with Gasteiger partial charge in [0.1, 0.15) is 0 Å². The van der Waals surface area contributed by atoms with Gasteiger partial charge in [-0.25, -0.2) is 0 Å². The third-order valence-electron chi connectivity index (χ3n) is 3.77. The Hall–Kier alpha value is -0.600. The number of aliphatic hydroxyl groups is 2. The van der Waals surface area contributed by atoms with Crippen LogP contribution in [0.1, 0.15) is 53.4 Å².